The van der Waals surface area contributed by atoms with Crippen LogP contribution in [0.2, 0.25) is 0 Å². The standard InChI is InChI=1S/C19H37N5O.HI/c1-7-20-19(22-16(6)11-8-10-14(2)3)21-13-9-12-17-23-18(15(4)5)24-25-17;/h14-16H,7-13H2,1-6H3,(H2,20,21,22);1H. The molecule has 0 saturated carbocycles. The minimum atomic E-state index is 0. The SMILES string of the molecule is CCNC(=NCCCc1nc(C(C)C)no1)NC(C)CCCC(C)C.I. The number of hydrogen-bond donors (Lipinski definition) is 2. The summed E-state index contributed by atoms with van der Waals surface area (Å²) in [6.45, 7) is 14.6. The fourth-order valence-electron chi connectivity index (χ4n) is 2.48. The van der Waals surface area contributed by atoms with E-state index in [1.165, 1.54) is 19.3 Å². The predicted octanol–water partition coefficient (Wildman–Crippen LogP) is 4.51. The fourth-order valence-corrected chi connectivity index (χ4v) is 2.48. The van der Waals surface area contributed by atoms with Gasteiger partial charge in [-0.3, -0.25) is 4.99 Å². The summed E-state index contributed by atoms with van der Waals surface area (Å²) in [7, 11) is 0. The van der Waals surface area contributed by atoms with Gasteiger partial charge in [0.25, 0.3) is 0 Å². The Morgan fingerprint density at radius 1 is 1.12 bits per heavy atom. The maximum atomic E-state index is 5.27. The molecule has 7 heteroatoms. The molecule has 0 spiro atoms. The van der Waals surface area contributed by atoms with E-state index in [4.69, 9.17) is 4.52 Å². The lowest BCUT2D eigenvalue weighted by molar-refractivity contribution is 0.369. The van der Waals surface area contributed by atoms with E-state index in [1.807, 2.05) is 0 Å². The van der Waals surface area contributed by atoms with Crippen molar-refractivity contribution in [1.29, 1.82) is 0 Å². The maximum Gasteiger partial charge on any atom is 0.226 e. The van der Waals surface area contributed by atoms with Gasteiger partial charge in [0.05, 0.1) is 0 Å². The number of aryl methyl sites for hydroxylation is 1. The minimum Gasteiger partial charge on any atom is -0.357 e. The van der Waals surface area contributed by atoms with Crippen LogP contribution in [0, 0.1) is 5.92 Å². The number of aliphatic imine (C=N–C) groups is 1. The van der Waals surface area contributed by atoms with Crippen LogP contribution in [0.25, 0.3) is 0 Å². The summed E-state index contributed by atoms with van der Waals surface area (Å²) in [5.74, 6) is 3.46. The average Bonchev–Trinajstić information content (AvgIpc) is 3.00. The fraction of sp³-hybridized carbons (Fsp3) is 0.842. The molecule has 1 atom stereocenters. The Kier molecular flexibility index (Phi) is 13.8. The number of nitrogens with one attached hydrogen (secondary N) is 2. The molecule has 1 unspecified atom stereocenters. The van der Waals surface area contributed by atoms with Crippen LogP contribution in [-0.4, -0.2) is 35.2 Å². The molecule has 0 bridgehead atoms. The highest BCUT2D eigenvalue weighted by Gasteiger charge is 2.09. The summed E-state index contributed by atoms with van der Waals surface area (Å²) in [6, 6.07) is 0.432. The average molecular weight is 479 g/mol. The van der Waals surface area contributed by atoms with E-state index in [1.54, 1.807) is 0 Å². The Hall–Kier alpha value is -0.860. The van der Waals surface area contributed by atoms with Gasteiger partial charge in [0.2, 0.25) is 5.89 Å². The van der Waals surface area contributed by atoms with Gasteiger partial charge in [-0.15, -0.1) is 24.0 Å². The van der Waals surface area contributed by atoms with E-state index in [2.05, 4.69) is 67.3 Å². The summed E-state index contributed by atoms with van der Waals surface area (Å²) in [5.41, 5.74) is 0. The van der Waals surface area contributed by atoms with Crippen LogP contribution in [0.4, 0.5) is 0 Å². The van der Waals surface area contributed by atoms with Crippen LogP contribution in [0.1, 0.15) is 84.9 Å². The van der Waals surface area contributed by atoms with Gasteiger partial charge in [-0.1, -0.05) is 45.7 Å². The molecule has 1 heterocycles. The Morgan fingerprint density at radius 2 is 1.85 bits per heavy atom. The van der Waals surface area contributed by atoms with Crippen LogP contribution in [-0.2, 0) is 6.42 Å². The largest absolute Gasteiger partial charge is 0.357 e. The van der Waals surface area contributed by atoms with Crippen LogP contribution >= 0.6 is 24.0 Å². The van der Waals surface area contributed by atoms with E-state index < -0.39 is 0 Å². The predicted molar refractivity (Wildman–Crippen MR) is 119 cm³/mol. The van der Waals surface area contributed by atoms with Gasteiger partial charge in [-0.05, 0) is 32.6 Å². The molecule has 1 aromatic heterocycles. The Balaban J connectivity index is 0.00000625. The smallest absolute Gasteiger partial charge is 0.226 e. The molecule has 0 radical (unpaired) electrons. The van der Waals surface area contributed by atoms with Crippen molar-refractivity contribution in [3.8, 4) is 0 Å². The van der Waals surface area contributed by atoms with Gasteiger partial charge in [0, 0.05) is 31.5 Å². The monoisotopic (exact) mass is 479 g/mol. The molecule has 0 aliphatic heterocycles. The molecule has 0 aliphatic carbocycles. The summed E-state index contributed by atoms with van der Waals surface area (Å²) >= 11 is 0. The Morgan fingerprint density at radius 3 is 2.42 bits per heavy atom. The van der Waals surface area contributed by atoms with Crippen molar-refractivity contribution >= 4 is 29.9 Å². The topological polar surface area (TPSA) is 75.3 Å². The molecule has 152 valence electrons. The zero-order valence-corrected chi connectivity index (χ0v) is 19.7. The van der Waals surface area contributed by atoms with Crippen molar-refractivity contribution in [2.75, 3.05) is 13.1 Å². The molecule has 0 aromatic carbocycles. The number of guanidine groups is 1. The number of halogens is 1. The maximum absolute atomic E-state index is 5.27. The Bertz CT molecular complexity index is 502. The minimum absolute atomic E-state index is 0. The second-order valence-electron chi connectivity index (χ2n) is 7.44. The van der Waals surface area contributed by atoms with Gasteiger partial charge in [0.15, 0.2) is 11.8 Å². The number of aromatic nitrogens is 2. The lowest BCUT2D eigenvalue weighted by Crippen LogP contribution is -2.42. The molecular formula is C19H38IN5O. The first kappa shape index (κ1) is 25.1. The molecule has 0 aliphatic rings. The van der Waals surface area contributed by atoms with Gasteiger partial charge in [0.1, 0.15) is 0 Å². The number of hydrogen-bond acceptors (Lipinski definition) is 4. The molecule has 0 fully saturated rings. The van der Waals surface area contributed by atoms with Crippen LogP contribution in [0.3, 0.4) is 0 Å². The van der Waals surface area contributed by atoms with E-state index >= 15 is 0 Å². The van der Waals surface area contributed by atoms with E-state index in [-0.39, 0.29) is 24.0 Å². The third-order valence-electron chi connectivity index (χ3n) is 3.96. The molecule has 1 rings (SSSR count). The van der Waals surface area contributed by atoms with Crippen molar-refractivity contribution in [1.82, 2.24) is 20.8 Å². The number of nitrogens with zero attached hydrogens (tertiary/aromatic N) is 3. The summed E-state index contributed by atoms with van der Waals surface area (Å²) < 4.78 is 5.27. The zero-order chi connectivity index (χ0) is 18.7. The van der Waals surface area contributed by atoms with Crippen LogP contribution in [0.5, 0.6) is 0 Å². The van der Waals surface area contributed by atoms with Crippen LogP contribution < -0.4 is 10.6 Å². The second-order valence-corrected chi connectivity index (χ2v) is 7.44. The summed E-state index contributed by atoms with van der Waals surface area (Å²) in [5, 5.41) is 10.8. The van der Waals surface area contributed by atoms with E-state index in [0.29, 0.717) is 17.9 Å². The zero-order valence-electron chi connectivity index (χ0n) is 17.3. The second kappa shape index (κ2) is 14.2. The van der Waals surface area contributed by atoms with Gasteiger partial charge < -0.3 is 15.2 Å². The third-order valence-corrected chi connectivity index (χ3v) is 3.96. The highest BCUT2D eigenvalue weighted by Crippen LogP contribution is 2.10. The first-order valence-corrected chi connectivity index (χ1v) is 9.79. The number of rotatable bonds is 11. The summed E-state index contributed by atoms with van der Waals surface area (Å²) in [4.78, 5) is 9.06. The lowest BCUT2D eigenvalue weighted by Gasteiger charge is -2.18. The third kappa shape index (κ3) is 11.0. The van der Waals surface area contributed by atoms with E-state index in [9.17, 15) is 0 Å². The van der Waals surface area contributed by atoms with Gasteiger partial charge in [-0.2, -0.15) is 4.98 Å². The molecule has 0 saturated heterocycles. The molecule has 0 amide bonds. The van der Waals surface area contributed by atoms with Gasteiger partial charge >= 0.3 is 0 Å². The highest BCUT2D eigenvalue weighted by atomic mass is 127. The first-order valence-electron chi connectivity index (χ1n) is 9.79. The molecule has 6 nitrogen and oxygen atoms in total. The molecule has 1 aromatic rings. The van der Waals surface area contributed by atoms with Crippen LogP contribution in [0.15, 0.2) is 9.52 Å². The Labute approximate surface area is 176 Å². The lowest BCUT2D eigenvalue weighted by atomic mass is 10.0. The molecular weight excluding hydrogens is 441 g/mol. The quantitative estimate of drug-likeness (QED) is 0.211. The molecule has 2 N–H and O–H groups in total. The van der Waals surface area contributed by atoms with Crippen molar-refractivity contribution in [3.63, 3.8) is 0 Å². The van der Waals surface area contributed by atoms with Crippen molar-refractivity contribution < 1.29 is 4.52 Å². The van der Waals surface area contributed by atoms with E-state index in [0.717, 1.165) is 43.6 Å². The van der Waals surface area contributed by atoms with Gasteiger partial charge in [-0.25, -0.2) is 0 Å². The van der Waals surface area contributed by atoms with Crippen molar-refractivity contribution in [3.05, 3.63) is 11.7 Å². The van der Waals surface area contributed by atoms with Crippen molar-refractivity contribution in [2.45, 2.75) is 85.6 Å². The normalized spacial score (nSPS) is 13.0. The molecule has 26 heavy (non-hydrogen) atoms. The summed E-state index contributed by atoms with van der Waals surface area (Å²) in [6.07, 6.45) is 5.37. The first-order chi connectivity index (χ1) is 11.9. The van der Waals surface area contributed by atoms with Crippen molar-refractivity contribution in [2.24, 2.45) is 10.9 Å². The highest BCUT2D eigenvalue weighted by molar-refractivity contribution is 14.0.